The zero-order chi connectivity index (χ0) is 15.0. The number of hydrogen-bond donors (Lipinski definition) is 3. The molecule has 3 N–H and O–H groups in total. The molecule has 0 aromatic rings. The first-order valence-corrected chi connectivity index (χ1v) is 6.77. The van der Waals surface area contributed by atoms with Gasteiger partial charge < -0.3 is 24.8 Å². The van der Waals surface area contributed by atoms with Crippen LogP contribution in [0, 0.1) is 11.3 Å². The Labute approximate surface area is 115 Å². The highest BCUT2D eigenvalue weighted by atomic mass is 16.7. The first kappa shape index (κ1) is 16.9. The lowest BCUT2D eigenvalue weighted by Crippen LogP contribution is -2.60. The lowest BCUT2D eigenvalue weighted by molar-refractivity contribution is -0.321. The molecular weight excluding hydrogens is 248 g/mol. The molecule has 1 rings (SSSR count). The quantitative estimate of drug-likeness (QED) is 0.698. The lowest BCUT2D eigenvalue weighted by atomic mass is 9.71. The molecular formula is C14H28O5. The first-order chi connectivity index (χ1) is 8.47. The summed E-state index contributed by atoms with van der Waals surface area (Å²) in [6, 6.07) is 0. The second-order valence-corrected chi connectivity index (χ2v) is 7.33. The third-order valence-electron chi connectivity index (χ3n) is 3.36. The van der Waals surface area contributed by atoms with Crippen LogP contribution in [-0.4, -0.2) is 52.1 Å². The minimum absolute atomic E-state index is 0.213. The molecule has 0 aromatic heterocycles. The van der Waals surface area contributed by atoms with Gasteiger partial charge in [-0.05, 0) is 26.2 Å². The average molecular weight is 276 g/mol. The Morgan fingerprint density at radius 2 is 1.53 bits per heavy atom. The van der Waals surface area contributed by atoms with Crippen molar-refractivity contribution >= 4 is 0 Å². The molecule has 5 nitrogen and oxygen atoms in total. The van der Waals surface area contributed by atoms with E-state index in [0.29, 0.717) is 0 Å². The van der Waals surface area contributed by atoms with Crippen LogP contribution in [0.2, 0.25) is 0 Å². The van der Waals surface area contributed by atoms with Crippen molar-refractivity contribution < 1.29 is 24.8 Å². The molecule has 19 heavy (non-hydrogen) atoms. The average Bonchev–Trinajstić information content (AvgIpc) is 2.20. The van der Waals surface area contributed by atoms with Gasteiger partial charge in [0.25, 0.3) is 0 Å². The normalized spacial score (nSPS) is 37.4. The standard InChI is InChI=1S/C14H28O5/c1-13(2,3)9-8(7-15)18-12(11(17)10(9)16)19-14(4,5)6/h8-12,15-17H,7H2,1-6H3. The van der Waals surface area contributed by atoms with Crippen molar-refractivity contribution in [2.24, 2.45) is 11.3 Å². The number of rotatable bonds is 2. The van der Waals surface area contributed by atoms with E-state index in [0.717, 1.165) is 0 Å². The van der Waals surface area contributed by atoms with E-state index < -0.39 is 30.2 Å². The van der Waals surface area contributed by atoms with Crippen molar-refractivity contribution in [3.05, 3.63) is 0 Å². The topological polar surface area (TPSA) is 79.2 Å². The molecule has 0 saturated carbocycles. The van der Waals surface area contributed by atoms with Gasteiger partial charge in [-0.15, -0.1) is 0 Å². The van der Waals surface area contributed by atoms with Crippen molar-refractivity contribution in [3.8, 4) is 0 Å². The van der Waals surface area contributed by atoms with Gasteiger partial charge in [0, 0.05) is 5.92 Å². The summed E-state index contributed by atoms with van der Waals surface area (Å²) in [4.78, 5) is 0. The third-order valence-corrected chi connectivity index (χ3v) is 3.36. The van der Waals surface area contributed by atoms with Crippen LogP contribution in [0.4, 0.5) is 0 Å². The van der Waals surface area contributed by atoms with E-state index in [-0.39, 0.29) is 17.9 Å². The Hall–Kier alpha value is -0.200. The fraction of sp³-hybridized carbons (Fsp3) is 1.00. The van der Waals surface area contributed by atoms with Gasteiger partial charge in [-0.1, -0.05) is 20.8 Å². The predicted octanol–water partition coefficient (Wildman–Crippen LogP) is 0.903. The van der Waals surface area contributed by atoms with Crippen LogP contribution in [0.1, 0.15) is 41.5 Å². The fourth-order valence-corrected chi connectivity index (χ4v) is 2.60. The van der Waals surface area contributed by atoms with Gasteiger partial charge in [-0.3, -0.25) is 0 Å². The minimum Gasteiger partial charge on any atom is -0.394 e. The molecule has 5 heteroatoms. The van der Waals surface area contributed by atoms with Gasteiger partial charge in [0.05, 0.1) is 24.4 Å². The van der Waals surface area contributed by atoms with Crippen molar-refractivity contribution in [1.82, 2.24) is 0 Å². The van der Waals surface area contributed by atoms with Crippen molar-refractivity contribution in [3.63, 3.8) is 0 Å². The van der Waals surface area contributed by atoms with Crippen LogP contribution in [-0.2, 0) is 9.47 Å². The molecule has 0 radical (unpaired) electrons. The highest BCUT2D eigenvalue weighted by Gasteiger charge is 2.49. The maximum Gasteiger partial charge on any atom is 0.187 e. The maximum absolute atomic E-state index is 10.3. The number of aliphatic hydroxyl groups excluding tert-OH is 3. The summed E-state index contributed by atoms with van der Waals surface area (Å²) >= 11 is 0. The highest BCUT2D eigenvalue weighted by Crippen LogP contribution is 2.39. The number of hydrogen-bond acceptors (Lipinski definition) is 5. The molecule has 1 aliphatic rings. The zero-order valence-electron chi connectivity index (χ0n) is 12.8. The maximum atomic E-state index is 10.3. The summed E-state index contributed by atoms with van der Waals surface area (Å²) in [5, 5.41) is 30.0. The zero-order valence-corrected chi connectivity index (χ0v) is 12.8. The van der Waals surface area contributed by atoms with Crippen LogP contribution < -0.4 is 0 Å². The van der Waals surface area contributed by atoms with Crippen LogP contribution in [0.15, 0.2) is 0 Å². The van der Waals surface area contributed by atoms with Crippen molar-refractivity contribution in [2.75, 3.05) is 6.61 Å². The largest absolute Gasteiger partial charge is 0.394 e. The van der Waals surface area contributed by atoms with Crippen LogP contribution in [0.25, 0.3) is 0 Å². The van der Waals surface area contributed by atoms with E-state index in [4.69, 9.17) is 9.47 Å². The first-order valence-electron chi connectivity index (χ1n) is 6.77. The Morgan fingerprint density at radius 1 is 1.00 bits per heavy atom. The Kier molecular flexibility index (Phi) is 5.02. The molecule has 0 amide bonds. The molecule has 5 unspecified atom stereocenters. The summed E-state index contributed by atoms with van der Waals surface area (Å²) in [6.07, 6.45) is -3.58. The molecule has 0 spiro atoms. The molecule has 1 saturated heterocycles. The molecule has 5 atom stereocenters. The van der Waals surface area contributed by atoms with E-state index in [1.807, 2.05) is 41.5 Å². The molecule has 1 heterocycles. The second-order valence-electron chi connectivity index (χ2n) is 7.33. The van der Waals surface area contributed by atoms with Gasteiger partial charge in [-0.25, -0.2) is 0 Å². The highest BCUT2D eigenvalue weighted by molar-refractivity contribution is 4.95. The van der Waals surface area contributed by atoms with E-state index in [1.165, 1.54) is 0 Å². The number of aliphatic hydroxyl groups is 3. The summed E-state index contributed by atoms with van der Waals surface area (Å²) < 4.78 is 11.3. The van der Waals surface area contributed by atoms with Gasteiger partial charge in [-0.2, -0.15) is 0 Å². The molecule has 0 aromatic carbocycles. The molecule has 1 aliphatic heterocycles. The Morgan fingerprint density at radius 3 is 1.89 bits per heavy atom. The van der Waals surface area contributed by atoms with E-state index in [9.17, 15) is 15.3 Å². The van der Waals surface area contributed by atoms with Gasteiger partial charge in [0.1, 0.15) is 6.10 Å². The Bertz CT molecular complexity index is 287. The fourth-order valence-electron chi connectivity index (χ4n) is 2.60. The second kappa shape index (κ2) is 5.66. The Balaban J connectivity index is 2.91. The minimum atomic E-state index is -1.12. The van der Waals surface area contributed by atoms with E-state index in [1.54, 1.807) is 0 Å². The summed E-state index contributed by atoms with van der Waals surface area (Å²) in [5.41, 5.74) is -0.791. The number of ether oxygens (including phenoxy) is 2. The monoisotopic (exact) mass is 276 g/mol. The third kappa shape index (κ3) is 4.13. The van der Waals surface area contributed by atoms with Gasteiger partial charge >= 0.3 is 0 Å². The molecule has 114 valence electrons. The molecule has 0 bridgehead atoms. The smallest absolute Gasteiger partial charge is 0.187 e. The van der Waals surface area contributed by atoms with Crippen LogP contribution in [0.5, 0.6) is 0 Å². The molecule has 0 aliphatic carbocycles. The van der Waals surface area contributed by atoms with E-state index in [2.05, 4.69) is 0 Å². The van der Waals surface area contributed by atoms with Crippen molar-refractivity contribution in [1.29, 1.82) is 0 Å². The van der Waals surface area contributed by atoms with Gasteiger partial charge in [0.2, 0.25) is 0 Å². The van der Waals surface area contributed by atoms with Crippen LogP contribution >= 0.6 is 0 Å². The van der Waals surface area contributed by atoms with Gasteiger partial charge in [0.15, 0.2) is 6.29 Å². The summed E-state index contributed by atoms with van der Waals surface area (Å²) in [7, 11) is 0. The lowest BCUT2D eigenvalue weighted by Gasteiger charge is -2.48. The van der Waals surface area contributed by atoms with E-state index >= 15 is 0 Å². The van der Waals surface area contributed by atoms with Crippen molar-refractivity contribution in [2.45, 2.75) is 71.7 Å². The molecule has 1 fully saturated rings. The predicted molar refractivity (Wildman–Crippen MR) is 71.5 cm³/mol. The van der Waals surface area contributed by atoms with Crippen LogP contribution in [0.3, 0.4) is 0 Å². The summed E-state index contributed by atoms with van der Waals surface area (Å²) in [5.74, 6) is -0.354. The summed E-state index contributed by atoms with van der Waals surface area (Å²) in [6.45, 7) is 11.2. The SMILES string of the molecule is CC(C)(C)OC1OC(CO)C(C(C)(C)C)C(O)C1O.